The van der Waals surface area contributed by atoms with Gasteiger partial charge in [0.15, 0.2) is 9.84 Å². The molecule has 0 unspecified atom stereocenters. The van der Waals surface area contributed by atoms with E-state index in [0.29, 0.717) is 35.5 Å². The molecule has 2 N–H and O–H groups in total. The van der Waals surface area contributed by atoms with Crippen LogP contribution in [-0.4, -0.2) is 61.2 Å². The molecule has 40 heavy (non-hydrogen) atoms. The van der Waals surface area contributed by atoms with Crippen molar-refractivity contribution in [2.45, 2.75) is 38.0 Å². The Morgan fingerprint density at radius 3 is 2.35 bits per heavy atom. The molecule has 8 nitrogen and oxygen atoms in total. The van der Waals surface area contributed by atoms with Gasteiger partial charge in [-0.25, -0.2) is 8.42 Å². The Bertz CT molecular complexity index is 1630. The summed E-state index contributed by atoms with van der Waals surface area (Å²) in [5.74, 6) is -0.558. The maximum atomic E-state index is 13.3. The number of sulfone groups is 1. The van der Waals surface area contributed by atoms with Crippen molar-refractivity contribution in [3.8, 4) is 0 Å². The Morgan fingerprint density at radius 2 is 1.70 bits per heavy atom. The highest BCUT2D eigenvalue weighted by atomic mass is 35.5. The van der Waals surface area contributed by atoms with Crippen LogP contribution in [0.3, 0.4) is 0 Å². The van der Waals surface area contributed by atoms with Crippen molar-refractivity contribution in [1.29, 1.82) is 0 Å². The van der Waals surface area contributed by atoms with Crippen molar-refractivity contribution in [1.82, 2.24) is 14.8 Å². The summed E-state index contributed by atoms with van der Waals surface area (Å²) in [6.45, 7) is 9.36. The first-order valence-corrected chi connectivity index (χ1v) is 15.3. The number of carbonyl (C=O) groups excluding carboxylic acids is 2. The number of nitrogens with one attached hydrogen (secondary N) is 2. The van der Waals surface area contributed by atoms with Gasteiger partial charge in [0, 0.05) is 77.9 Å². The van der Waals surface area contributed by atoms with E-state index in [9.17, 15) is 18.0 Å². The summed E-state index contributed by atoms with van der Waals surface area (Å²) in [5.41, 5.74) is 5.76. The predicted octanol–water partition coefficient (Wildman–Crippen LogP) is 5.07. The van der Waals surface area contributed by atoms with Gasteiger partial charge in [0.05, 0.1) is 16.2 Å². The van der Waals surface area contributed by atoms with E-state index in [1.807, 2.05) is 18.7 Å². The number of aromatic nitrogens is 1. The number of rotatable bonds is 6. The Morgan fingerprint density at radius 1 is 1.02 bits per heavy atom. The molecular weight excluding hydrogens is 571 g/mol. The molecular formula is C29H30Cl2N4O4S. The second-order valence-electron chi connectivity index (χ2n) is 10.2. The normalized spacial score (nSPS) is 16.9. The molecule has 2 aromatic carbocycles. The molecule has 0 radical (unpaired) electrons. The first-order chi connectivity index (χ1) is 18.9. The summed E-state index contributed by atoms with van der Waals surface area (Å²) in [7, 11) is -3.80. The Hall–Kier alpha value is -3.11. The van der Waals surface area contributed by atoms with E-state index in [4.69, 9.17) is 23.2 Å². The van der Waals surface area contributed by atoms with E-state index in [1.165, 1.54) is 12.1 Å². The maximum absolute atomic E-state index is 13.3. The largest absolute Gasteiger partial charge is 0.359 e. The minimum Gasteiger partial charge on any atom is -0.359 e. The van der Waals surface area contributed by atoms with Gasteiger partial charge in [-0.1, -0.05) is 29.3 Å². The zero-order valence-electron chi connectivity index (χ0n) is 22.5. The molecule has 0 aliphatic carbocycles. The summed E-state index contributed by atoms with van der Waals surface area (Å²) < 4.78 is 26.7. The van der Waals surface area contributed by atoms with Crippen LogP contribution in [-0.2, 0) is 31.7 Å². The van der Waals surface area contributed by atoms with E-state index in [0.717, 1.165) is 42.1 Å². The van der Waals surface area contributed by atoms with E-state index in [1.54, 1.807) is 37.3 Å². The highest BCUT2D eigenvalue weighted by Crippen LogP contribution is 2.37. The Labute approximate surface area is 243 Å². The highest BCUT2D eigenvalue weighted by molar-refractivity contribution is 7.90. The summed E-state index contributed by atoms with van der Waals surface area (Å²) in [6.07, 6.45) is 1.78. The van der Waals surface area contributed by atoms with Gasteiger partial charge in [0.1, 0.15) is 0 Å². The monoisotopic (exact) mass is 600 g/mol. The summed E-state index contributed by atoms with van der Waals surface area (Å²) in [6, 6.07) is 9.48. The zero-order valence-corrected chi connectivity index (χ0v) is 24.8. The molecule has 210 valence electrons. The molecule has 0 spiro atoms. The van der Waals surface area contributed by atoms with E-state index in [2.05, 4.69) is 15.2 Å². The number of benzene rings is 2. The van der Waals surface area contributed by atoms with Crippen molar-refractivity contribution in [2.75, 3.05) is 31.5 Å². The molecule has 3 aromatic rings. The second kappa shape index (κ2) is 11.0. The first kappa shape index (κ1) is 28.4. The molecule has 0 bridgehead atoms. The number of aryl methyl sites for hydroxylation is 1. The lowest BCUT2D eigenvalue weighted by atomic mass is 10.0. The standard InChI is InChI=1S/C29H30Cl2N4O4S/c1-17-23(15-34-9-11-35(12-10-34)19(3)36)18(2)32-28(17)14-22-21-13-20(7-8-27(21)33-29(22)37)40(38,39)16-24-25(30)5-4-6-26(24)31/h4-8,13-14,32H,9-12,15-16H2,1-3H3,(H,33,37). The Balaban J connectivity index is 1.42. The molecule has 3 heterocycles. The number of hydrogen-bond acceptors (Lipinski definition) is 5. The van der Waals surface area contributed by atoms with Crippen molar-refractivity contribution < 1.29 is 18.0 Å². The number of anilines is 1. The van der Waals surface area contributed by atoms with Crippen LogP contribution in [0, 0.1) is 13.8 Å². The number of hydrogen-bond donors (Lipinski definition) is 2. The second-order valence-corrected chi connectivity index (χ2v) is 13.0. The molecule has 1 fully saturated rings. The number of H-pyrrole nitrogens is 1. The summed E-state index contributed by atoms with van der Waals surface area (Å²) in [4.78, 5) is 32.3. The molecule has 2 aliphatic heterocycles. The van der Waals surface area contributed by atoms with Crippen molar-refractivity contribution in [3.05, 3.63) is 80.1 Å². The van der Waals surface area contributed by atoms with Gasteiger partial charge in [-0.2, -0.15) is 0 Å². The van der Waals surface area contributed by atoms with Gasteiger partial charge in [0.2, 0.25) is 5.91 Å². The van der Waals surface area contributed by atoms with Crippen LogP contribution in [0.25, 0.3) is 11.6 Å². The molecule has 0 saturated carbocycles. The van der Waals surface area contributed by atoms with Crippen LogP contribution >= 0.6 is 23.2 Å². The van der Waals surface area contributed by atoms with Crippen LogP contribution in [0.4, 0.5) is 5.69 Å². The minimum atomic E-state index is -3.80. The van der Waals surface area contributed by atoms with Gasteiger partial charge in [-0.05, 0) is 61.4 Å². The molecule has 0 atom stereocenters. The van der Waals surface area contributed by atoms with Crippen molar-refractivity contribution in [2.24, 2.45) is 0 Å². The van der Waals surface area contributed by atoms with Gasteiger partial charge < -0.3 is 15.2 Å². The zero-order chi connectivity index (χ0) is 28.8. The van der Waals surface area contributed by atoms with Crippen LogP contribution in [0.1, 0.15) is 40.6 Å². The fourth-order valence-electron chi connectivity index (χ4n) is 5.23. The number of carbonyl (C=O) groups is 2. The number of halogens is 2. The van der Waals surface area contributed by atoms with Crippen LogP contribution in [0.5, 0.6) is 0 Å². The fourth-order valence-corrected chi connectivity index (χ4v) is 7.35. The summed E-state index contributed by atoms with van der Waals surface area (Å²) >= 11 is 12.4. The van der Waals surface area contributed by atoms with Gasteiger partial charge in [0.25, 0.3) is 5.91 Å². The number of amides is 2. The van der Waals surface area contributed by atoms with Crippen molar-refractivity contribution >= 4 is 62.2 Å². The molecule has 11 heteroatoms. The van der Waals surface area contributed by atoms with E-state index in [-0.39, 0.29) is 32.5 Å². The third-order valence-corrected chi connectivity index (χ3v) is 10.00. The molecule has 1 aromatic heterocycles. The van der Waals surface area contributed by atoms with Crippen LogP contribution in [0.15, 0.2) is 41.3 Å². The average Bonchev–Trinajstić information content (AvgIpc) is 3.36. The van der Waals surface area contributed by atoms with E-state index < -0.39 is 9.84 Å². The lowest BCUT2D eigenvalue weighted by molar-refractivity contribution is -0.130. The quantitative estimate of drug-likeness (QED) is 0.385. The Kier molecular flexibility index (Phi) is 7.85. The smallest absolute Gasteiger partial charge is 0.256 e. The predicted molar refractivity (Wildman–Crippen MR) is 158 cm³/mol. The lowest BCUT2D eigenvalue weighted by Gasteiger charge is -2.34. The van der Waals surface area contributed by atoms with Crippen molar-refractivity contribution in [3.63, 3.8) is 0 Å². The van der Waals surface area contributed by atoms with Gasteiger partial charge >= 0.3 is 0 Å². The molecule has 2 aliphatic rings. The maximum Gasteiger partial charge on any atom is 0.256 e. The number of nitrogens with zero attached hydrogens (tertiary/aromatic N) is 2. The molecule has 1 saturated heterocycles. The third-order valence-electron chi connectivity index (χ3n) is 7.65. The number of piperazine rings is 1. The van der Waals surface area contributed by atoms with E-state index >= 15 is 0 Å². The first-order valence-electron chi connectivity index (χ1n) is 12.9. The van der Waals surface area contributed by atoms with Gasteiger partial charge in [-0.15, -0.1) is 0 Å². The lowest BCUT2D eigenvalue weighted by Crippen LogP contribution is -2.47. The fraction of sp³-hybridized carbons (Fsp3) is 0.310. The van der Waals surface area contributed by atoms with Gasteiger partial charge in [-0.3, -0.25) is 14.5 Å². The third kappa shape index (κ3) is 5.56. The SMILES string of the molecule is CC(=O)N1CCN(Cc2c(C)[nH]c(C=C3C(=O)Nc4ccc(S(=O)(=O)Cc5c(Cl)cccc5Cl)cc43)c2C)CC1. The highest BCUT2D eigenvalue weighted by Gasteiger charge is 2.28. The molecule has 2 amide bonds. The number of aromatic amines is 1. The topological polar surface area (TPSA) is 103 Å². The minimum absolute atomic E-state index is 0.0782. The summed E-state index contributed by atoms with van der Waals surface area (Å²) in [5, 5.41) is 3.40. The average molecular weight is 602 g/mol. The van der Waals surface area contributed by atoms with Crippen LogP contribution < -0.4 is 5.32 Å². The molecule has 5 rings (SSSR count). The number of fused-ring (bicyclic) bond motifs is 1. The van der Waals surface area contributed by atoms with Crippen LogP contribution in [0.2, 0.25) is 10.0 Å².